The Kier molecular flexibility index (Phi) is 4.26. The number of rotatable bonds is 5. The Labute approximate surface area is 65.7 Å². The molecule has 1 unspecified atom stereocenters. The number of halogens is 2. The summed E-state index contributed by atoms with van der Waals surface area (Å²) in [4.78, 5) is 0. The summed E-state index contributed by atoms with van der Waals surface area (Å²) >= 11 is 0. The SMILES string of the molecule is C=CC(O)C(F)(F)CCCC. The lowest BCUT2D eigenvalue weighted by Gasteiger charge is -2.18. The molecule has 0 bridgehead atoms. The van der Waals surface area contributed by atoms with Crippen LogP contribution in [0.15, 0.2) is 12.7 Å². The van der Waals surface area contributed by atoms with Gasteiger partial charge in [-0.25, -0.2) is 8.78 Å². The molecular weight excluding hydrogens is 150 g/mol. The van der Waals surface area contributed by atoms with Crippen molar-refractivity contribution >= 4 is 0 Å². The second kappa shape index (κ2) is 4.44. The van der Waals surface area contributed by atoms with E-state index in [0.717, 1.165) is 6.08 Å². The minimum Gasteiger partial charge on any atom is -0.383 e. The fraction of sp³-hybridized carbons (Fsp3) is 0.750. The zero-order valence-corrected chi connectivity index (χ0v) is 6.69. The average Bonchev–Trinajstić information content (AvgIpc) is 1.99. The van der Waals surface area contributed by atoms with E-state index in [1.54, 1.807) is 0 Å². The number of aliphatic hydroxyl groups excluding tert-OH is 1. The van der Waals surface area contributed by atoms with E-state index >= 15 is 0 Å². The molecule has 11 heavy (non-hydrogen) atoms. The van der Waals surface area contributed by atoms with Crippen molar-refractivity contribution in [1.82, 2.24) is 0 Å². The lowest BCUT2D eigenvalue weighted by molar-refractivity contribution is -0.0927. The molecule has 0 spiro atoms. The molecular formula is C8H14F2O. The highest BCUT2D eigenvalue weighted by molar-refractivity contribution is 4.89. The van der Waals surface area contributed by atoms with Gasteiger partial charge in [-0.3, -0.25) is 0 Å². The highest BCUT2D eigenvalue weighted by Gasteiger charge is 2.35. The summed E-state index contributed by atoms with van der Waals surface area (Å²) in [6.45, 7) is 4.93. The molecule has 0 heterocycles. The number of alkyl halides is 2. The van der Waals surface area contributed by atoms with Crippen LogP contribution in [0.4, 0.5) is 8.78 Å². The summed E-state index contributed by atoms with van der Waals surface area (Å²) in [5.41, 5.74) is 0. The van der Waals surface area contributed by atoms with E-state index in [4.69, 9.17) is 5.11 Å². The van der Waals surface area contributed by atoms with Crippen LogP contribution >= 0.6 is 0 Å². The molecule has 1 atom stereocenters. The van der Waals surface area contributed by atoms with Gasteiger partial charge in [-0.15, -0.1) is 6.58 Å². The van der Waals surface area contributed by atoms with Crippen LogP contribution in [0.3, 0.4) is 0 Å². The van der Waals surface area contributed by atoms with Crippen molar-refractivity contribution in [3.8, 4) is 0 Å². The van der Waals surface area contributed by atoms with Crippen molar-refractivity contribution in [2.24, 2.45) is 0 Å². The van der Waals surface area contributed by atoms with Gasteiger partial charge in [-0.2, -0.15) is 0 Å². The van der Waals surface area contributed by atoms with Gasteiger partial charge in [0.05, 0.1) is 0 Å². The van der Waals surface area contributed by atoms with Gasteiger partial charge in [0.15, 0.2) is 0 Å². The molecule has 66 valence electrons. The largest absolute Gasteiger partial charge is 0.383 e. The molecule has 1 N–H and O–H groups in total. The monoisotopic (exact) mass is 164 g/mol. The van der Waals surface area contributed by atoms with E-state index in [0.29, 0.717) is 12.8 Å². The molecule has 0 aliphatic carbocycles. The fourth-order valence-electron chi connectivity index (χ4n) is 0.733. The van der Waals surface area contributed by atoms with Gasteiger partial charge in [0, 0.05) is 6.42 Å². The van der Waals surface area contributed by atoms with Gasteiger partial charge in [0.25, 0.3) is 5.92 Å². The number of hydrogen-bond acceptors (Lipinski definition) is 1. The van der Waals surface area contributed by atoms with Crippen LogP contribution in [0.1, 0.15) is 26.2 Å². The van der Waals surface area contributed by atoms with Crippen LogP contribution in [0, 0.1) is 0 Å². The maximum Gasteiger partial charge on any atom is 0.276 e. The predicted octanol–water partition coefficient (Wildman–Crippen LogP) is 2.36. The normalized spacial score (nSPS) is 14.5. The van der Waals surface area contributed by atoms with Crippen LogP contribution in [-0.2, 0) is 0 Å². The molecule has 0 amide bonds. The first-order chi connectivity index (χ1) is 5.04. The van der Waals surface area contributed by atoms with E-state index in [1.165, 1.54) is 0 Å². The fourth-order valence-corrected chi connectivity index (χ4v) is 0.733. The first-order valence-electron chi connectivity index (χ1n) is 3.73. The molecule has 0 fully saturated rings. The Hall–Kier alpha value is -0.440. The Balaban J connectivity index is 3.87. The first kappa shape index (κ1) is 10.6. The van der Waals surface area contributed by atoms with E-state index < -0.39 is 12.0 Å². The molecule has 0 aromatic heterocycles. The van der Waals surface area contributed by atoms with Gasteiger partial charge < -0.3 is 5.11 Å². The molecule has 1 nitrogen and oxygen atoms in total. The third-order valence-electron chi connectivity index (χ3n) is 1.52. The summed E-state index contributed by atoms with van der Waals surface area (Å²) in [6, 6.07) is 0. The highest BCUT2D eigenvalue weighted by atomic mass is 19.3. The van der Waals surface area contributed by atoms with Crippen molar-refractivity contribution in [2.45, 2.75) is 38.2 Å². The van der Waals surface area contributed by atoms with Crippen molar-refractivity contribution < 1.29 is 13.9 Å². The Bertz CT molecular complexity index is 123. The van der Waals surface area contributed by atoms with Crippen LogP contribution in [-0.4, -0.2) is 17.1 Å². The summed E-state index contributed by atoms with van der Waals surface area (Å²) in [5.74, 6) is -3.00. The van der Waals surface area contributed by atoms with Gasteiger partial charge in [0.2, 0.25) is 0 Å². The van der Waals surface area contributed by atoms with E-state index in [2.05, 4.69) is 6.58 Å². The Morgan fingerprint density at radius 3 is 2.55 bits per heavy atom. The topological polar surface area (TPSA) is 20.2 Å². The van der Waals surface area contributed by atoms with E-state index in [-0.39, 0.29) is 6.42 Å². The lowest BCUT2D eigenvalue weighted by Crippen LogP contribution is -2.31. The number of hydrogen-bond donors (Lipinski definition) is 1. The van der Waals surface area contributed by atoms with Gasteiger partial charge in [0.1, 0.15) is 6.10 Å². The first-order valence-corrected chi connectivity index (χ1v) is 3.73. The van der Waals surface area contributed by atoms with Crippen molar-refractivity contribution in [2.75, 3.05) is 0 Å². The van der Waals surface area contributed by atoms with Crippen molar-refractivity contribution in [3.63, 3.8) is 0 Å². The smallest absolute Gasteiger partial charge is 0.276 e. The summed E-state index contributed by atoms with van der Waals surface area (Å²) in [5, 5.41) is 8.74. The Morgan fingerprint density at radius 2 is 2.18 bits per heavy atom. The molecule has 0 saturated heterocycles. The van der Waals surface area contributed by atoms with Crippen molar-refractivity contribution in [3.05, 3.63) is 12.7 Å². The summed E-state index contributed by atoms with van der Waals surface area (Å²) < 4.78 is 25.4. The van der Waals surface area contributed by atoms with Gasteiger partial charge >= 0.3 is 0 Å². The second-order valence-electron chi connectivity index (χ2n) is 2.55. The molecule has 3 heteroatoms. The minimum absolute atomic E-state index is 0.267. The van der Waals surface area contributed by atoms with Crippen LogP contribution < -0.4 is 0 Å². The van der Waals surface area contributed by atoms with Crippen LogP contribution in [0.25, 0.3) is 0 Å². The molecule has 0 radical (unpaired) electrons. The summed E-state index contributed by atoms with van der Waals surface area (Å²) in [6.07, 6.45) is 0.0398. The zero-order chi connectivity index (χ0) is 8.91. The van der Waals surface area contributed by atoms with Crippen LogP contribution in [0.2, 0.25) is 0 Å². The van der Waals surface area contributed by atoms with Crippen LogP contribution in [0.5, 0.6) is 0 Å². The maximum absolute atomic E-state index is 12.7. The molecule has 0 aliphatic rings. The summed E-state index contributed by atoms with van der Waals surface area (Å²) in [7, 11) is 0. The highest BCUT2D eigenvalue weighted by Crippen LogP contribution is 2.25. The van der Waals surface area contributed by atoms with E-state index in [1.807, 2.05) is 6.92 Å². The minimum atomic E-state index is -3.00. The Morgan fingerprint density at radius 1 is 1.64 bits per heavy atom. The zero-order valence-electron chi connectivity index (χ0n) is 6.69. The standard InChI is InChI=1S/C8H14F2O/c1-3-5-6-8(9,10)7(11)4-2/h4,7,11H,2-3,5-6H2,1H3. The second-order valence-corrected chi connectivity index (χ2v) is 2.55. The predicted molar refractivity (Wildman–Crippen MR) is 40.7 cm³/mol. The molecule has 0 aliphatic heterocycles. The molecule has 0 aromatic carbocycles. The van der Waals surface area contributed by atoms with E-state index in [9.17, 15) is 8.78 Å². The quantitative estimate of drug-likeness (QED) is 0.618. The van der Waals surface area contributed by atoms with Gasteiger partial charge in [-0.05, 0) is 6.42 Å². The molecule has 0 rings (SSSR count). The maximum atomic E-state index is 12.7. The third kappa shape index (κ3) is 3.46. The molecule has 0 aromatic rings. The lowest BCUT2D eigenvalue weighted by atomic mass is 10.1. The third-order valence-corrected chi connectivity index (χ3v) is 1.52. The average molecular weight is 164 g/mol. The number of unbranched alkanes of at least 4 members (excludes halogenated alkanes) is 1. The molecule has 0 saturated carbocycles. The van der Waals surface area contributed by atoms with Crippen molar-refractivity contribution in [1.29, 1.82) is 0 Å². The number of aliphatic hydroxyl groups is 1. The van der Waals surface area contributed by atoms with Gasteiger partial charge in [-0.1, -0.05) is 19.4 Å².